The number of likely N-dealkylation sites (N-methyl/N-ethyl adjacent to an activating group) is 1. The van der Waals surface area contributed by atoms with Crippen LogP contribution in [0, 0.1) is 11.3 Å². The molecule has 0 amide bonds. The summed E-state index contributed by atoms with van der Waals surface area (Å²) in [6, 6.07) is 16.8. The molecule has 0 radical (unpaired) electrons. The third-order valence-corrected chi connectivity index (χ3v) is 6.21. The Morgan fingerprint density at radius 1 is 1.17 bits per heavy atom. The molecule has 41 heavy (non-hydrogen) atoms. The molecule has 0 aliphatic carbocycles. The Bertz CT molecular complexity index is 1620. The second-order valence-corrected chi connectivity index (χ2v) is 9.76. The molecule has 0 saturated carbocycles. The maximum absolute atomic E-state index is 9.98. The average molecular weight is 570 g/mol. The summed E-state index contributed by atoms with van der Waals surface area (Å²) in [5, 5.41) is 17.7. The fraction of sp³-hybridized carbons (Fsp3) is 0.194. The Labute approximate surface area is 244 Å². The normalized spacial score (nSPS) is 11.0. The highest BCUT2D eigenvalue weighted by molar-refractivity contribution is 6.32. The molecule has 0 spiro atoms. The molecule has 0 bridgehead atoms. The smallest absolute Gasteiger partial charge is 0.144 e. The van der Waals surface area contributed by atoms with Gasteiger partial charge in [-0.25, -0.2) is 4.98 Å². The number of anilines is 4. The van der Waals surface area contributed by atoms with Crippen LogP contribution in [0.5, 0.6) is 11.5 Å². The quantitative estimate of drug-likeness (QED) is 0.164. The zero-order chi connectivity index (χ0) is 29.4. The average Bonchev–Trinajstić information content (AvgIpc) is 2.94. The van der Waals surface area contributed by atoms with Gasteiger partial charge < -0.3 is 30.7 Å². The van der Waals surface area contributed by atoms with E-state index in [2.05, 4.69) is 33.2 Å². The number of nitrogens with one attached hydrogen (secondary N) is 2. The molecule has 2 aromatic carbocycles. The minimum Gasteiger partial charge on any atom is -0.492 e. The molecule has 0 aliphatic rings. The maximum Gasteiger partial charge on any atom is 0.144 e. The van der Waals surface area contributed by atoms with Crippen LogP contribution in [0.3, 0.4) is 0 Å². The van der Waals surface area contributed by atoms with E-state index in [0.717, 1.165) is 12.2 Å². The van der Waals surface area contributed by atoms with Gasteiger partial charge >= 0.3 is 0 Å². The fourth-order valence-corrected chi connectivity index (χ4v) is 4.26. The van der Waals surface area contributed by atoms with E-state index < -0.39 is 0 Å². The van der Waals surface area contributed by atoms with Crippen LogP contribution in [-0.2, 0) is 6.61 Å². The van der Waals surface area contributed by atoms with Crippen LogP contribution >= 0.6 is 11.6 Å². The second-order valence-electron chi connectivity index (χ2n) is 9.35. The van der Waals surface area contributed by atoms with E-state index in [1.165, 1.54) is 0 Å². The Morgan fingerprint density at radius 2 is 2.00 bits per heavy atom. The number of nitrogen functional groups attached to an aromatic ring is 1. The summed E-state index contributed by atoms with van der Waals surface area (Å²) >= 11 is 6.55. The number of nitrogens with two attached hydrogens (primary N) is 1. The summed E-state index contributed by atoms with van der Waals surface area (Å²) in [5.41, 5.74) is 10.3. The minimum atomic E-state index is 0.100. The summed E-state index contributed by atoms with van der Waals surface area (Å²) in [6.45, 7) is 7.52. The van der Waals surface area contributed by atoms with Gasteiger partial charge in [-0.2, -0.15) is 5.26 Å². The Kier molecular flexibility index (Phi) is 9.64. The van der Waals surface area contributed by atoms with Crippen molar-refractivity contribution in [2.24, 2.45) is 0 Å². The SMILES string of the molecule is C=C(/C=C/CN(C)C)Nc1cc2c(Nc3ccc(OCc4ccccn4)c(Cl)c3)c(C#N)c(N)nc2cc1OCC. The molecule has 0 unspecified atom stereocenters. The molecular weight excluding hydrogens is 538 g/mol. The van der Waals surface area contributed by atoms with E-state index in [0.29, 0.717) is 56.8 Å². The molecule has 210 valence electrons. The number of hydrogen-bond acceptors (Lipinski definition) is 9. The zero-order valence-electron chi connectivity index (χ0n) is 23.2. The molecule has 9 nitrogen and oxygen atoms in total. The van der Waals surface area contributed by atoms with Gasteiger partial charge in [-0.1, -0.05) is 30.3 Å². The molecule has 0 aliphatic heterocycles. The van der Waals surface area contributed by atoms with Crippen molar-refractivity contribution in [3.8, 4) is 17.6 Å². The van der Waals surface area contributed by atoms with Gasteiger partial charge in [-0.3, -0.25) is 4.98 Å². The zero-order valence-corrected chi connectivity index (χ0v) is 24.0. The summed E-state index contributed by atoms with van der Waals surface area (Å²) in [4.78, 5) is 10.8. The topological polar surface area (TPSA) is 121 Å². The van der Waals surface area contributed by atoms with E-state index >= 15 is 0 Å². The summed E-state index contributed by atoms with van der Waals surface area (Å²) < 4.78 is 11.7. The van der Waals surface area contributed by atoms with Crippen LogP contribution in [0.15, 0.2) is 79.2 Å². The maximum atomic E-state index is 9.98. The van der Waals surface area contributed by atoms with E-state index in [9.17, 15) is 5.26 Å². The first kappa shape index (κ1) is 29.2. The Hall–Kier alpha value is -4.78. The molecular formula is C31H32ClN7O2. The molecule has 2 heterocycles. The predicted octanol–water partition coefficient (Wildman–Crippen LogP) is 6.50. The van der Waals surface area contributed by atoms with E-state index in [1.807, 2.05) is 68.4 Å². The van der Waals surface area contributed by atoms with Crippen molar-refractivity contribution in [1.82, 2.24) is 14.9 Å². The highest BCUT2D eigenvalue weighted by atomic mass is 35.5. The lowest BCUT2D eigenvalue weighted by Crippen LogP contribution is -2.10. The second kappa shape index (κ2) is 13.5. The van der Waals surface area contributed by atoms with Crippen molar-refractivity contribution in [2.45, 2.75) is 13.5 Å². The lowest BCUT2D eigenvalue weighted by molar-refractivity contribution is 0.301. The number of halogens is 1. The number of rotatable bonds is 12. The van der Waals surface area contributed by atoms with Crippen LogP contribution in [0.1, 0.15) is 18.2 Å². The van der Waals surface area contributed by atoms with Crippen molar-refractivity contribution < 1.29 is 9.47 Å². The third-order valence-electron chi connectivity index (χ3n) is 5.91. The molecule has 2 aromatic heterocycles. The number of pyridine rings is 2. The number of benzene rings is 2. The predicted molar refractivity (Wildman–Crippen MR) is 166 cm³/mol. The first-order valence-electron chi connectivity index (χ1n) is 13.0. The minimum absolute atomic E-state index is 0.100. The van der Waals surface area contributed by atoms with Gasteiger partial charge in [-0.05, 0) is 63.5 Å². The number of ether oxygens (including phenoxy) is 2. The van der Waals surface area contributed by atoms with E-state index in [4.69, 9.17) is 26.8 Å². The van der Waals surface area contributed by atoms with Crippen LogP contribution < -0.4 is 25.8 Å². The number of aromatic nitrogens is 2. The molecule has 0 atom stereocenters. The van der Waals surface area contributed by atoms with Crippen LogP contribution in [0.4, 0.5) is 22.9 Å². The first-order chi connectivity index (χ1) is 19.8. The van der Waals surface area contributed by atoms with Crippen molar-refractivity contribution in [3.63, 3.8) is 0 Å². The van der Waals surface area contributed by atoms with Gasteiger partial charge in [-0.15, -0.1) is 0 Å². The number of nitriles is 1. The lowest BCUT2D eigenvalue weighted by Gasteiger charge is -2.18. The molecule has 0 fully saturated rings. The number of nitrogens with zero attached hydrogens (tertiary/aromatic N) is 4. The third kappa shape index (κ3) is 7.45. The van der Waals surface area contributed by atoms with Gasteiger partial charge in [0.05, 0.1) is 34.2 Å². The van der Waals surface area contributed by atoms with Crippen molar-refractivity contribution in [3.05, 3.63) is 95.4 Å². The number of allylic oxidation sites excluding steroid dienone is 1. The van der Waals surface area contributed by atoms with Crippen LogP contribution in [0.2, 0.25) is 5.02 Å². The standard InChI is InChI=1S/C31H32ClN7O2/c1-5-40-29-17-26-23(16-27(29)36-20(2)9-8-14-39(3)4)30(24(18-33)31(34)38-26)37-21-11-12-28(25(32)15-21)41-19-22-10-6-7-13-35-22/h6-13,15-17,36H,2,5,14,19H2,1,3-4H3,(H3,34,37,38)/b9-8+. The lowest BCUT2D eigenvalue weighted by atomic mass is 10.1. The number of fused-ring (bicyclic) bond motifs is 1. The van der Waals surface area contributed by atoms with Gasteiger partial charge in [0.25, 0.3) is 0 Å². The molecule has 4 N–H and O–H groups in total. The first-order valence-corrected chi connectivity index (χ1v) is 13.3. The van der Waals surface area contributed by atoms with Gasteiger partial charge in [0.1, 0.15) is 35.6 Å². The highest BCUT2D eigenvalue weighted by Crippen LogP contribution is 2.39. The monoisotopic (exact) mass is 569 g/mol. The molecule has 0 saturated heterocycles. The molecule has 4 aromatic rings. The van der Waals surface area contributed by atoms with Crippen molar-refractivity contribution in [1.29, 1.82) is 5.26 Å². The van der Waals surface area contributed by atoms with Gasteiger partial charge in [0, 0.05) is 35.6 Å². The molecule has 10 heteroatoms. The van der Waals surface area contributed by atoms with E-state index in [1.54, 1.807) is 24.4 Å². The largest absolute Gasteiger partial charge is 0.492 e. The van der Waals surface area contributed by atoms with Crippen LogP contribution in [-0.4, -0.2) is 42.1 Å². The van der Waals surface area contributed by atoms with Gasteiger partial charge in [0.15, 0.2) is 0 Å². The van der Waals surface area contributed by atoms with Gasteiger partial charge in [0.2, 0.25) is 0 Å². The summed E-state index contributed by atoms with van der Waals surface area (Å²) in [7, 11) is 3.99. The fourth-order valence-electron chi connectivity index (χ4n) is 4.02. The Balaban J connectivity index is 1.68. The van der Waals surface area contributed by atoms with Crippen molar-refractivity contribution in [2.75, 3.05) is 43.6 Å². The number of hydrogen-bond donors (Lipinski definition) is 3. The summed E-state index contributed by atoms with van der Waals surface area (Å²) in [5.74, 6) is 1.20. The van der Waals surface area contributed by atoms with E-state index in [-0.39, 0.29) is 18.0 Å². The summed E-state index contributed by atoms with van der Waals surface area (Å²) in [6.07, 6.45) is 5.62. The van der Waals surface area contributed by atoms with Crippen LogP contribution in [0.25, 0.3) is 10.9 Å². The Morgan fingerprint density at radius 3 is 2.68 bits per heavy atom. The highest BCUT2D eigenvalue weighted by Gasteiger charge is 2.18. The van der Waals surface area contributed by atoms with Crippen molar-refractivity contribution >= 4 is 45.4 Å². The molecule has 4 rings (SSSR count).